The molecule has 1 aliphatic rings. The number of hydrogen-bond donors (Lipinski definition) is 2. The fourth-order valence-corrected chi connectivity index (χ4v) is 5.45. The summed E-state index contributed by atoms with van der Waals surface area (Å²) in [4.78, 5) is 13.5. The van der Waals surface area contributed by atoms with E-state index in [9.17, 15) is 18.0 Å². The molecule has 0 spiro atoms. The van der Waals surface area contributed by atoms with Gasteiger partial charge >= 0.3 is 6.18 Å². The summed E-state index contributed by atoms with van der Waals surface area (Å²) in [5.41, 5.74) is 2.36. The van der Waals surface area contributed by atoms with Gasteiger partial charge in [-0.05, 0) is 42.7 Å². The molecular weight excluding hydrogens is 605 g/mol. The standard InChI is InChI=1S/C34H28ClF3N4O3/c1-20-10-6-8-14-27(20)44-24-16-23(17-25(18-24)45-28-15-9-7-11-21(28)2)39-33(43)31-30(35)32-40-26(22-12-4-3-5-13-22)19-29(34(36,37)38)42(32)41-31/h3-18,26,29,40H,19H2,1-2H3,(H,39,43)/t26-,29+/m1/s1. The number of benzene rings is 4. The normalized spacial score (nSPS) is 16.0. The predicted molar refractivity (Wildman–Crippen MR) is 167 cm³/mol. The van der Waals surface area contributed by atoms with Crippen molar-refractivity contribution in [3.63, 3.8) is 0 Å². The Bertz CT molecular complexity index is 1790. The number of fused-ring (bicyclic) bond motifs is 1. The van der Waals surface area contributed by atoms with Gasteiger partial charge in [-0.3, -0.25) is 4.79 Å². The van der Waals surface area contributed by atoms with Crippen LogP contribution in [0.5, 0.6) is 23.0 Å². The third kappa shape index (κ3) is 6.46. The molecule has 45 heavy (non-hydrogen) atoms. The van der Waals surface area contributed by atoms with E-state index in [1.54, 1.807) is 48.5 Å². The minimum absolute atomic E-state index is 0.0792. The van der Waals surface area contributed by atoms with Crippen molar-refractivity contribution in [1.29, 1.82) is 0 Å². The lowest BCUT2D eigenvalue weighted by Gasteiger charge is -2.33. The number of rotatable bonds is 7. The number of carbonyl (C=O) groups is 1. The van der Waals surface area contributed by atoms with Crippen LogP contribution in [0.15, 0.2) is 97.1 Å². The van der Waals surface area contributed by atoms with E-state index in [0.29, 0.717) is 28.6 Å². The van der Waals surface area contributed by atoms with E-state index in [-0.39, 0.29) is 28.6 Å². The van der Waals surface area contributed by atoms with Crippen molar-refractivity contribution in [2.24, 2.45) is 0 Å². The molecule has 0 saturated heterocycles. The molecule has 1 amide bonds. The number of nitrogens with one attached hydrogen (secondary N) is 2. The van der Waals surface area contributed by atoms with Crippen LogP contribution in [-0.4, -0.2) is 21.9 Å². The van der Waals surface area contributed by atoms with E-state index in [1.165, 1.54) is 0 Å². The molecule has 1 aromatic heterocycles. The molecule has 2 atom stereocenters. The number of alkyl halides is 3. The quantitative estimate of drug-likeness (QED) is 0.187. The first-order valence-corrected chi connectivity index (χ1v) is 14.5. The van der Waals surface area contributed by atoms with Crippen LogP contribution in [0.4, 0.5) is 24.7 Å². The third-order valence-electron chi connectivity index (χ3n) is 7.49. The van der Waals surface area contributed by atoms with Gasteiger partial charge in [-0.25, -0.2) is 4.68 Å². The third-order valence-corrected chi connectivity index (χ3v) is 7.85. The smallest absolute Gasteiger partial charge is 0.410 e. The molecule has 7 nitrogen and oxygen atoms in total. The fraction of sp³-hybridized carbons (Fsp3) is 0.176. The first-order chi connectivity index (χ1) is 21.6. The van der Waals surface area contributed by atoms with Gasteiger partial charge in [0.05, 0.1) is 6.04 Å². The zero-order valence-corrected chi connectivity index (χ0v) is 25.0. The Hall–Kier alpha value is -4.96. The molecule has 11 heteroatoms. The molecule has 5 aromatic rings. The summed E-state index contributed by atoms with van der Waals surface area (Å²) in [6.45, 7) is 3.80. The average Bonchev–Trinajstić information content (AvgIpc) is 3.35. The second kappa shape index (κ2) is 12.2. The Kier molecular flexibility index (Phi) is 8.16. The van der Waals surface area contributed by atoms with Crippen molar-refractivity contribution in [2.75, 3.05) is 10.6 Å². The summed E-state index contributed by atoms with van der Waals surface area (Å²) in [6.07, 6.45) is -4.95. The molecule has 0 unspecified atom stereocenters. The molecule has 0 saturated carbocycles. The lowest BCUT2D eigenvalue weighted by Crippen LogP contribution is -2.35. The van der Waals surface area contributed by atoms with Crippen LogP contribution in [0.1, 0.15) is 45.7 Å². The van der Waals surface area contributed by atoms with Gasteiger partial charge in [0.25, 0.3) is 5.91 Å². The van der Waals surface area contributed by atoms with E-state index >= 15 is 0 Å². The van der Waals surface area contributed by atoms with Gasteiger partial charge in [0.1, 0.15) is 33.8 Å². The minimum Gasteiger partial charge on any atom is -0.457 e. The van der Waals surface area contributed by atoms with Crippen LogP contribution >= 0.6 is 11.6 Å². The van der Waals surface area contributed by atoms with Gasteiger partial charge in [0, 0.05) is 30.3 Å². The van der Waals surface area contributed by atoms with E-state index in [0.717, 1.165) is 15.8 Å². The van der Waals surface area contributed by atoms with Crippen molar-refractivity contribution >= 4 is 29.0 Å². The molecule has 0 aliphatic carbocycles. The number of aryl methyl sites for hydroxylation is 2. The van der Waals surface area contributed by atoms with Crippen molar-refractivity contribution in [2.45, 2.75) is 38.5 Å². The summed E-state index contributed by atoms with van der Waals surface area (Å²) >= 11 is 6.56. The number of hydrogen-bond acceptors (Lipinski definition) is 5. The van der Waals surface area contributed by atoms with E-state index in [2.05, 4.69) is 15.7 Å². The highest BCUT2D eigenvalue weighted by Gasteiger charge is 2.47. The van der Waals surface area contributed by atoms with Crippen molar-refractivity contribution in [3.8, 4) is 23.0 Å². The Morgan fingerprint density at radius 1 is 0.889 bits per heavy atom. The van der Waals surface area contributed by atoms with Gasteiger partial charge in [0.15, 0.2) is 11.7 Å². The second-order valence-electron chi connectivity index (χ2n) is 10.7. The van der Waals surface area contributed by atoms with Crippen LogP contribution in [0, 0.1) is 13.8 Å². The highest BCUT2D eigenvalue weighted by molar-refractivity contribution is 6.36. The van der Waals surface area contributed by atoms with Crippen LogP contribution in [0.3, 0.4) is 0 Å². The largest absolute Gasteiger partial charge is 0.457 e. The molecule has 0 bridgehead atoms. The highest BCUT2D eigenvalue weighted by Crippen LogP contribution is 2.46. The number of amides is 1. The lowest BCUT2D eigenvalue weighted by atomic mass is 9.97. The molecule has 230 valence electrons. The maximum atomic E-state index is 14.2. The van der Waals surface area contributed by atoms with Crippen LogP contribution in [0.2, 0.25) is 5.02 Å². The number of nitrogens with zero attached hydrogens (tertiary/aromatic N) is 2. The van der Waals surface area contributed by atoms with Crippen LogP contribution in [0.25, 0.3) is 0 Å². The highest BCUT2D eigenvalue weighted by atomic mass is 35.5. The van der Waals surface area contributed by atoms with Gasteiger partial charge in [-0.2, -0.15) is 18.3 Å². The Balaban J connectivity index is 1.33. The van der Waals surface area contributed by atoms with Crippen LogP contribution < -0.4 is 20.1 Å². The molecule has 2 N–H and O–H groups in total. The SMILES string of the molecule is Cc1ccccc1Oc1cc(NC(=O)c2nn3c(c2Cl)N[C@@H](c2ccccc2)C[C@H]3C(F)(F)F)cc(Oc2ccccc2C)c1. The summed E-state index contributed by atoms with van der Waals surface area (Å²) in [5.74, 6) is 1.06. The molecule has 2 heterocycles. The molecular formula is C34H28ClF3N4O3. The first kappa shape index (κ1) is 30.1. The number of aromatic nitrogens is 2. The molecule has 0 radical (unpaired) electrons. The number of anilines is 2. The zero-order valence-electron chi connectivity index (χ0n) is 24.2. The maximum absolute atomic E-state index is 14.2. The van der Waals surface area contributed by atoms with E-state index in [4.69, 9.17) is 21.1 Å². The average molecular weight is 633 g/mol. The Morgan fingerprint density at radius 2 is 1.44 bits per heavy atom. The number of halogens is 4. The zero-order chi connectivity index (χ0) is 31.7. The molecule has 0 fully saturated rings. The Morgan fingerprint density at radius 3 is 2.00 bits per heavy atom. The molecule has 6 rings (SSSR count). The molecule has 4 aromatic carbocycles. The van der Waals surface area contributed by atoms with Gasteiger partial charge in [0.2, 0.25) is 0 Å². The van der Waals surface area contributed by atoms with Gasteiger partial charge < -0.3 is 20.1 Å². The Labute approximate surface area is 262 Å². The van der Waals surface area contributed by atoms with Crippen LogP contribution in [-0.2, 0) is 0 Å². The van der Waals surface area contributed by atoms with E-state index < -0.39 is 24.2 Å². The van der Waals surface area contributed by atoms with Gasteiger partial charge in [-0.15, -0.1) is 0 Å². The van der Waals surface area contributed by atoms with Crippen molar-refractivity contribution < 1.29 is 27.4 Å². The monoisotopic (exact) mass is 632 g/mol. The topological polar surface area (TPSA) is 77.4 Å². The summed E-state index contributed by atoms with van der Waals surface area (Å²) in [7, 11) is 0. The number of carbonyl (C=O) groups excluding carboxylic acids is 1. The van der Waals surface area contributed by atoms with Gasteiger partial charge in [-0.1, -0.05) is 78.3 Å². The van der Waals surface area contributed by atoms with E-state index in [1.807, 2.05) is 62.4 Å². The summed E-state index contributed by atoms with van der Waals surface area (Å²) < 4.78 is 55.7. The number of para-hydroxylation sites is 2. The molecule has 1 aliphatic heterocycles. The van der Waals surface area contributed by atoms with Crippen molar-refractivity contribution in [1.82, 2.24) is 9.78 Å². The summed E-state index contributed by atoms with van der Waals surface area (Å²) in [5, 5.41) is 9.61. The minimum atomic E-state index is -4.63. The fourth-order valence-electron chi connectivity index (χ4n) is 5.19. The van der Waals surface area contributed by atoms with Crippen molar-refractivity contribution in [3.05, 3.63) is 124 Å². The predicted octanol–water partition coefficient (Wildman–Crippen LogP) is 9.65. The maximum Gasteiger partial charge on any atom is 0.410 e. The second-order valence-corrected chi connectivity index (χ2v) is 11.1. The summed E-state index contributed by atoms with van der Waals surface area (Å²) in [6, 6.07) is 25.8. The first-order valence-electron chi connectivity index (χ1n) is 14.2. The number of ether oxygens (including phenoxy) is 2. The lowest BCUT2D eigenvalue weighted by molar-refractivity contribution is -0.173.